The van der Waals surface area contributed by atoms with Gasteiger partial charge < -0.3 is 9.52 Å². The molecule has 3 nitrogen and oxygen atoms in total. The quantitative estimate of drug-likeness (QED) is 0.750. The van der Waals surface area contributed by atoms with Crippen molar-refractivity contribution in [1.82, 2.24) is 4.90 Å². The van der Waals surface area contributed by atoms with Gasteiger partial charge in [-0.1, -0.05) is 13.8 Å². The maximum Gasteiger partial charge on any atom is 0.118 e. The number of aliphatic hydroxyl groups excluding tert-OH is 1. The molecule has 0 fully saturated rings. The second-order valence-electron chi connectivity index (χ2n) is 3.72. The van der Waals surface area contributed by atoms with Crippen LogP contribution in [0, 0.1) is 0 Å². The van der Waals surface area contributed by atoms with E-state index in [-0.39, 0.29) is 6.61 Å². The summed E-state index contributed by atoms with van der Waals surface area (Å²) in [4.78, 5) is 2.21. The number of hydrogen-bond donors (Lipinski definition) is 1. The first-order valence-electron chi connectivity index (χ1n) is 5.71. The molecule has 0 bridgehead atoms. The van der Waals surface area contributed by atoms with Crippen molar-refractivity contribution >= 4 is 0 Å². The molecule has 0 aliphatic carbocycles. The summed E-state index contributed by atoms with van der Waals surface area (Å²) < 4.78 is 5.63. The van der Waals surface area contributed by atoms with Gasteiger partial charge in [-0.3, -0.25) is 4.90 Å². The number of aryl methyl sites for hydroxylation is 1. The van der Waals surface area contributed by atoms with Crippen LogP contribution in [0.3, 0.4) is 0 Å². The van der Waals surface area contributed by atoms with Crippen LogP contribution < -0.4 is 0 Å². The van der Waals surface area contributed by atoms with Gasteiger partial charge in [0, 0.05) is 13.0 Å². The molecular weight excluding hydrogens is 190 g/mol. The Bertz CT molecular complexity index is 264. The average Bonchev–Trinajstić information content (AvgIpc) is 2.66. The van der Waals surface area contributed by atoms with Crippen LogP contribution in [-0.4, -0.2) is 29.7 Å². The third kappa shape index (κ3) is 4.06. The molecule has 1 N–H and O–H groups in total. The van der Waals surface area contributed by atoms with Gasteiger partial charge in [0.25, 0.3) is 0 Å². The van der Waals surface area contributed by atoms with Gasteiger partial charge in [0.15, 0.2) is 0 Å². The van der Waals surface area contributed by atoms with E-state index < -0.39 is 0 Å². The van der Waals surface area contributed by atoms with Gasteiger partial charge in [-0.25, -0.2) is 0 Å². The van der Waals surface area contributed by atoms with Gasteiger partial charge in [-0.15, -0.1) is 0 Å². The Morgan fingerprint density at radius 2 is 1.93 bits per heavy atom. The first-order chi connectivity index (χ1) is 7.30. The van der Waals surface area contributed by atoms with Crippen LogP contribution in [0.4, 0.5) is 0 Å². The lowest BCUT2D eigenvalue weighted by Gasteiger charge is -2.18. The standard InChI is InChI=1S/C12H21NO2/c1-3-7-13(8-9-14)10-12-6-5-11(4-2)15-12/h5-6,14H,3-4,7-10H2,1-2H3. The van der Waals surface area contributed by atoms with Crippen molar-refractivity contribution in [3.8, 4) is 0 Å². The molecule has 15 heavy (non-hydrogen) atoms. The number of aliphatic hydroxyl groups is 1. The van der Waals surface area contributed by atoms with E-state index in [0.29, 0.717) is 0 Å². The summed E-state index contributed by atoms with van der Waals surface area (Å²) in [5.41, 5.74) is 0. The largest absolute Gasteiger partial charge is 0.465 e. The maximum absolute atomic E-state index is 8.92. The molecule has 1 heterocycles. The lowest BCUT2D eigenvalue weighted by Crippen LogP contribution is -2.27. The minimum Gasteiger partial charge on any atom is -0.465 e. The van der Waals surface area contributed by atoms with Gasteiger partial charge in [-0.05, 0) is 25.1 Å². The molecule has 1 rings (SSSR count). The zero-order valence-corrected chi connectivity index (χ0v) is 9.70. The fourth-order valence-corrected chi connectivity index (χ4v) is 1.65. The lowest BCUT2D eigenvalue weighted by atomic mass is 10.3. The molecule has 0 atom stereocenters. The SMILES string of the molecule is CCCN(CCO)Cc1ccc(CC)o1. The molecule has 1 aromatic heterocycles. The van der Waals surface area contributed by atoms with E-state index in [4.69, 9.17) is 9.52 Å². The summed E-state index contributed by atoms with van der Waals surface area (Å²) in [6.45, 7) is 6.96. The summed E-state index contributed by atoms with van der Waals surface area (Å²) in [6, 6.07) is 4.05. The summed E-state index contributed by atoms with van der Waals surface area (Å²) in [7, 11) is 0. The van der Waals surface area contributed by atoms with E-state index >= 15 is 0 Å². The highest BCUT2D eigenvalue weighted by Gasteiger charge is 2.07. The van der Waals surface area contributed by atoms with E-state index in [1.165, 1.54) is 0 Å². The van der Waals surface area contributed by atoms with E-state index in [2.05, 4.69) is 18.7 Å². The molecule has 0 aromatic carbocycles. The van der Waals surface area contributed by atoms with E-state index in [0.717, 1.165) is 44.0 Å². The Hall–Kier alpha value is -0.800. The number of nitrogens with zero attached hydrogens (tertiary/aromatic N) is 1. The molecule has 0 radical (unpaired) electrons. The average molecular weight is 211 g/mol. The summed E-state index contributed by atoms with van der Waals surface area (Å²) >= 11 is 0. The van der Waals surface area contributed by atoms with Crippen LogP contribution in [0.5, 0.6) is 0 Å². The van der Waals surface area contributed by atoms with Gasteiger partial charge in [0.1, 0.15) is 11.5 Å². The fourth-order valence-electron chi connectivity index (χ4n) is 1.65. The Labute approximate surface area is 91.7 Å². The predicted octanol–water partition coefficient (Wildman–Crippen LogP) is 2.05. The molecule has 0 spiro atoms. The Morgan fingerprint density at radius 3 is 2.47 bits per heavy atom. The highest BCUT2D eigenvalue weighted by atomic mass is 16.3. The van der Waals surface area contributed by atoms with Gasteiger partial charge in [0.05, 0.1) is 13.2 Å². The molecule has 3 heteroatoms. The highest BCUT2D eigenvalue weighted by Crippen LogP contribution is 2.11. The van der Waals surface area contributed by atoms with Crippen LogP contribution in [-0.2, 0) is 13.0 Å². The maximum atomic E-state index is 8.92. The molecule has 0 aliphatic heterocycles. The van der Waals surface area contributed by atoms with Crippen molar-refractivity contribution < 1.29 is 9.52 Å². The van der Waals surface area contributed by atoms with Crippen LogP contribution >= 0.6 is 0 Å². The fraction of sp³-hybridized carbons (Fsp3) is 0.667. The van der Waals surface area contributed by atoms with E-state index in [1.807, 2.05) is 12.1 Å². The number of rotatable bonds is 7. The summed E-state index contributed by atoms with van der Waals surface area (Å²) in [5, 5.41) is 8.92. The van der Waals surface area contributed by atoms with Gasteiger partial charge >= 0.3 is 0 Å². The molecular formula is C12H21NO2. The van der Waals surface area contributed by atoms with Crippen LogP contribution in [0.1, 0.15) is 31.8 Å². The Kier molecular flexibility index (Phi) is 5.43. The lowest BCUT2D eigenvalue weighted by molar-refractivity contribution is 0.180. The van der Waals surface area contributed by atoms with Crippen molar-refractivity contribution in [2.45, 2.75) is 33.2 Å². The van der Waals surface area contributed by atoms with E-state index in [1.54, 1.807) is 0 Å². The van der Waals surface area contributed by atoms with Crippen LogP contribution in [0.2, 0.25) is 0 Å². The smallest absolute Gasteiger partial charge is 0.118 e. The van der Waals surface area contributed by atoms with Crippen molar-refractivity contribution in [2.75, 3.05) is 19.7 Å². The number of hydrogen-bond acceptors (Lipinski definition) is 3. The zero-order chi connectivity index (χ0) is 11.1. The van der Waals surface area contributed by atoms with Crippen LogP contribution in [0.15, 0.2) is 16.5 Å². The molecule has 1 aromatic rings. The monoisotopic (exact) mass is 211 g/mol. The highest BCUT2D eigenvalue weighted by molar-refractivity contribution is 5.06. The molecule has 0 unspecified atom stereocenters. The Balaban J connectivity index is 2.48. The first kappa shape index (κ1) is 12.3. The zero-order valence-electron chi connectivity index (χ0n) is 9.70. The normalized spacial score (nSPS) is 11.2. The topological polar surface area (TPSA) is 36.6 Å². The minimum atomic E-state index is 0.210. The minimum absolute atomic E-state index is 0.210. The third-order valence-corrected chi connectivity index (χ3v) is 2.40. The van der Waals surface area contributed by atoms with Gasteiger partial charge in [-0.2, -0.15) is 0 Å². The molecule has 0 saturated heterocycles. The molecule has 0 amide bonds. The second-order valence-corrected chi connectivity index (χ2v) is 3.72. The molecule has 0 aliphatic rings. The first-order valence-corrected chi connectivity index (χ1v) is 5.71. The molecule has 86 valence electrons. The van der Waals surface area contributed by atoms with E-state index in [9.17, 15) is 0 Å². The van der Waals surface area contributed by atoms with Gasteiger partial charge in [0.2, 0.25) is 0 Å². The molecule has 0 saturated carbocycles. The predicted molar refractivity (Wildman–Crippen MR) is 60.7 cm³/mol. The summed E-state index contributed by atoms with van der Waals surface area (Å²) in [6.07, 6.45) is 2.04. The van der Waals surface area contributed by atoms with Crippen molar-refractivity contribution in [2.24, 2.45) is 0 Å². The third-order valence-electron chi connectivity index (χ3n) is 2.40. The van der Waals surface area contributed by atoms with Crippen molar-refractivity contribution in [3.05, 3.63) is 23.7 Å². The number of furan rings is 1. The van der Waals surface area contributed by atoms with Crippen molar-refractivity contribution in [1.29, 1.82) is 0 Å². The summed E-state index contributed by atoms with van der Waals surface area (Å²) in [5.74, 6) is 2.03. The van der Waals surface area contributed by atoms with Crippen LogP contribution in [0.25, 0.3) is 0 Å². The Morgan fingerprint density at radius 1 is 1.20 bits per heavy atom. The second kappa shape index (κ2) is 6.64. The van der Waals surface area contributed by atoms with Crippen molar-refractivity contribution in [3.63, 3.8) is 0 Å².